The topological polar surface area (TPSA) is 4.93 Å². The van der Waals surface area contributed by atoms with E-state index in [2.05, 4.69) is 115 Å². The molecule has 0 radical (unpaired) electrons. The van der Waals surface area contributed by atoms with E-state index in [1.165, 1.54) is 44.2 Å². The zero-order valence-electron chi connectivity index (χ0n) is 16.3. The predicted octanol–water partition coefficient (Wildman–Crippen LogP) is 7.57. The molecule has 0 aliphatic rings. The van der Waals surface area contributed by atoms with E-state index in [0.717, 1.165) is 0 Å². The van der Waals surface area contributed by atoms with E-state index in [1.54, 1.807) is 0 Å². The molecule has 0 amide bonds. The Morgan fingerprint density at radius 1 is 0.571 bits per heavy atom. The van der Waals surface area contributed by atoms with Crippen LogP contribution in [0, 0.1) is 0 Å². The van der Waals surface area contributed by atoms with Gasteiger partial charge < -0.3 is 4.57 Å². The largest absolute Gasteiger partial charge is 0.309 e. The van der Waals surface area contributed by atoms with Crippen LogP contribution >= 0.6 is 0 Å². The number of fused-ring (bicyclic) bond motifs is 3. The summed E-state index contributed by atoms with van der Waals surface area (Å²) >= 11 is 0. The number of nitrogens with zero attached hydrogens (tertiary/aromatic N) is 1. The van der Waals surface area contributed by atoms with Gasteiger partial charge in [0.25, 0.3) is 0 Å². The molecule has 1 heterocycles. The molecule has 0 aliphatic heterocycles. The third-order valence-corrected chi connectivity index (χ3v) is 5.57. The predicted molar refractivity (Wildman–Crippen MR) is 120 cm³/mol. The first-order chi connectivity index (χ1) is 13.7. The van der Waals surface area contributed by atoms with Crippen molar-refractivity contribution in [1.82, 2.24) is 4.57 Å². The van der Waals surface area contributed by atoms with E-state index < -0.39 is 0 Å². The first kappa shape index (κ1) is 16.8. The molecule has 1 heteroatoms. The van der Waals surface area contributed by atoms with Gasteiger partial charge in [0.15, 0.2) is 0 Å². The first-order valence-electron chi connectivity index (χ1n) is 9.91. The minimum absolute atomic E-state index is 0.531. The standard InChI is InChI=1S/C27H23N/c1-19(2)20-9-8-10-21(17-20)22-15-16-27-25(18-22)24-13-6-7-14-26(24)28(27)23-11-4-3-5-12-23/h3-19H,1-2H3. The Morgan fingerprint density at radius 2 is 1.29 bits per heavy atom. The Balaban J connectivity index is 1.78. The normalized spacial score (nSPS) is 11.5. The van der Waals surface area contributed by atoms with Crippen LogP contribution in [0.1, 0.15) is 25.3 Å². The smallest absolute Gasteiger partial charge is 0.0541 e. The van der Waals surface area contributed by atoms with E-state index in [4.69, 9.17) is 0 Å². The lowest BCUT2D eigenvalue weighted by Crippen LogP contribution is -1.93. The van der Waals surface area contributed by atoms with Crippen LogP contribution in [-0.2, 0) is 0 Å². The number of aromatic nitrogens is 1. The molecular formula is C27H23N. The van der Waals surface area contributed by atoms with Gasteiger partial charge in [-0.3, -0.25) is 0 Å². The van der Waals surface area contributed by atoms with Gasteiger partial charge in [-0.25, -0.2) is 0 Å². The van der Waals surface area contributed by atoms with Gasteiger partial charge in [-0.05, 0) is 52.9 Å². The van der Waals surface area contributed by atoms with Crippen molar-refractivity contribution in [1.29, 1.82) is 0 Å². The van der Waals surface area contributed by atoms with Gasteiger partial charge in [-0.15, -0.1) is 0 Å². The molecule has 1 aromatic heterocycles. The van der Waals surface area contributed by atoms with E-state index in [9.17, 15) is 0 Å². The molecule has 0 saturated carbocycles. The van der Waals surface area contributed by atoms with Crippen LogP contribution in [0.3, 0.4) is 0 Å². The monoisotopic (exact) mass is 361 g/mol. The van der Waals surface area contributed by atoms with Crippen molar-refractivity contribution < 1.29 is 0 Å². The second-order valence-electron chi connectivity index (χ2n) is 7.70. The zero-order chi connectivity index (χ0) is 19.1. The summed E-state index contributed by atoms with van der Waals surface area (Å²) in [6.45, 7) is 4.49. The van der Waals surface area contributed by atoms with Gasteiger partial charge in [0, 0.05) is 16.5 Å². The van der Waals surface area contributed by atoms with Crippen LogP contribution in [0.2, 0.25) is 0 Å². The fourth-order valence-electron chi connectivity index (χ4n) is 4.09. The third kappa shape index (κ3) is 2.71. The van der Waals surface area contributed by atoms with Crippen LogP contribution in [0.4, 0.5) is 0 Å². The molecule has 0 N–H and O–H groups in total. The maximum absolute atomic E-state index is 2.36. The minimum atomic E-state index is 0.531. The fraction of sp³-hybridized carbons (Fsp3) is 0.111. The molecular weight excluding hydrogens is 338 g/mol. The highest BCUT2D eigenvalue weighted by atomic mass is 15.0. The van der Waals surface area contributed by atoms with Crippen molar-refractivity contribution in [2.24, 2.45) is 0 Å². The lowest BCUT2D eigenvalue weighted by Gasteiger charge is -2.10. The lowest BCUT2D eigenvalue weighted by atomic mass is 9.96. The van der Waals surface area contributed by atoms with Crippen molar-refractivity contribution in [2.45, 2.75) is 19.8 Å². The molecule has 4 aromatic carbocycles. The summed E-state index contributed by atoms with van der Waals surface area (Å²) in [6, 6.07) is 35.1. The molecule has 0 unspecified atom stereocenters. The Morgan fingerprint density at radius 3 is 2.11 bits per heavy atom. The third-order valence-electron chi connectivity index (χ3n) is 5.57. The second-order valence-corrected chi connectivity index (χ2v) is 7.70. The van der Waals surface area contributed by atoms with Gasteiger partial charge in [0.05, 0.1) is 11.0 Å². The van der Waals surface area contributed by atoms with E-state index in [-0.39, 0.29) is 0 Å². The Kier molecular flexibility index (Phi) is 4.02. The molecule has 0 saturated heterocycles. The Labute approximate surface area is 165 Å². The molecule has 28 heavy (non-hydrogen) atoms. The molecule has 1 nitrogen and oxygen atoms in total. The van der Waals surface area contributed by atoms with Crippen LogP contribution in [0.25, 0.3) is 38.6 Å². The number of benzene rings is 4. The quantitative estimate of drug-likeness (QED) is 0.312. The average molecular weight is 361 g/mol. The van der Waals surface area contributed by atoms with Crippen molar-refractivity contribution in [2.75, 3.05) is 0 Å². The molecule has 5 aromatic rings. The van der Waals surface area contributed by atoms with Gasteiger partial charge in [-0.1, -0.05) is 80.6 Å². The Bertz CT molecular complexity index is 1280. The van der Waals surface area contributed by atoms with Crippen LogP contribution in [-0.4, -0.2) is 4.57 Å². The van der Waals surface area contributed by atoms with Crippen molar-refractivity contribution in [3.05, 3.63) is 103 Å². The Hall–Kier alpha value is -3.32. The number of hydrogen-bond donors (Lipinski definition) is 0. The highest BCUT2D eigenvalue weighted by Gasteiger charge is 2.13. The van der Waals surface area contributed by atoms with Gasteiger partial charge >= 0.3 is 0 Å². The van der Waals surface area contributed by atoms with E-state index in [0.29, 0.717) is 5.92 Å². The number of hydrogen-bond acceptors (Lipinski definition) is 0. The second kappa shape index (κ2) is 6.69. The summed E-state index contributed by atoms with van der Waals surface area (Å²) in [5.41, 5.74) is 7.62. The minimum Gasteiger partial charge on any atom is -0.309 e. The highest BCUT2D eigenvalue weighted by molar-refractivity contribution is 6.10. The van der Waals surface area contributed by atoms with Crippen LogP contribution in [0.5, 0.6) is 0 Å². The maximum atomic E-state index is 2.36. The van der Waals surface area contributed by atoms with Crippen LogP contribution < -0.4 is 0 Å². The van der Waals surface area contributed by atoms with E-state index >= 15 is 0 Å². The van der Waals surface area contributed by atoms with Crippen LogP contribution in [0.15, 0.2) is 97.1 Å². The summed E-state index contributed by atoms with van der Waals surface area (Å²) in [7, 11) is 0. The SMILES string of the molecule is CC(C)c1cccc(-c2ccc3c(c2)c2ccccc2n3-c2ccccc2)c1. The summed E-state index contributed by atoms with van der Waals surface area (Å²) in [5.74, 6) is 0.531. The number of rotatable bonds is 3. The zero-order valence-corrected chi connectivity index (χ0v) is 16.3. The molecule has 0 atom stereocenters. The van der Waals surface area contributed by atoms with E-state index in [1.807, 2.05) is 0 Å². The average Bonchev–Trinajstić information content (AvgIpc) is 3.08. The van der Waals surface area contributed by atoms with Gasteiger partial charge in [0.1, 0.15) is 0 Å². The summed E-state index contributed by atoms with van der Waals surface area (Å²) in [5, 5.41) is 2.59. The van der Waals surface area contributed by atoms with Gasteiger partial charge in [-0.2, -0.15) is 0 Å². The van der Waals surface area contributed by atoms with Crippen molar-refractivity contribution in [3.63, 3.8) is 0 Å². The number of para-hydroxylation sites is 2. The fourth-order valence-corrected chi connectivity index (χ4v) is 4.09. The molecule has 0 bridgehead atoms. The molecule has 0 spiro atoms. The molecule has 0 aliphatic carbocycles. The molecule has 136 valence electrons. The lowest BCUT2D eigenvalue weighted by molar-refractivity contribution is 0.867. The molecule has 5 rings (SSSR count). The summed E-state index contributed by atoms with van der Waals surface area (Å²) < 4.78 is 2.36. The summed E-state index contributed by atoms with van der Waals surface area (Å²) in [6.07, 6.45) is 0. The maximum Gasteiger partial charge on any atom is 0.0541 e. The first-order valence-corrected chi connectivity index (χ1v) is 9.91. The van der Waals surface area contributed by atoms with Crippen molar-refractivity contribution in [3.8, 4) is 16.8 Å². The highest BCUT2D eigenvalue weighted by Crippen LogP contribution is 2.35. The summed E-state index contributed by atoms with van der Waals surface area (Å²) in [4.78, 5) is 0. The molecule has 0 fully saturated rings. The van der Waals surface area contributed by atoms with Crippen molar-refractivity contribution >= 4 is 21.8 Å². The van der Waals surface area contributed by atoms with Gasteiger partial charge in [0.2, 0.25) is 0 Å².